The maximum Gasteiger partial charge on any atom is 0.271 e. The van der Waals surface area contributed by atoms with Gasteiger partial charge in [0.05, 0.1) is 10.4 Å². The molecule has 74 valence electrons. The summed E-state index contributed by atoms with van der Waals surface area (Å²) in [5.41, 5.74) is 0.564. The molecule has 0 bridgehead atoms. The third kappa shape index (κ3) is 1.52. The van der Waals surface area contributed by atoms with Crippen molar-refractivity contribution < 1.29 is 9.72 Å². The van der Waals surface area contributed by atoms with E-state index in [0.29, 0.717) is 17.2 Å². The van der Waals surface area contributed by atoms with Gasteiger partial charge in [-0.15, -0.1) is 0 Å². The summed E-state index contributed by atoms with van der Waals surface area (Å²) in [7, 11) is 0. The molecule has 0 spiro atoms. The molecule has 0 fully saturated rings. The van der Waals surface area contributed by atoms with Crippen LogP contribution in [0.3, 0.4) is 0 Å². The fourth-order valence-electron chi connectivity index (χ4n) is 1.27. The average Bonchev–Trinajstić information content (AvgIpc) is 2.27. The minimum atomic E-state index is -0.512. The van der Waals surface area contributed by atoms with E-state index in [0.717, 1.165) is 0 Å². The number of nitro benzene ring substituents is 1. The lowest BCUT2D eigenvalue weighted by Gasteiger charge is -1.98. The van der Waals surface area contributed by atoms with Gasteiger partial charge in [0.1, 0.15) is 12.0 Å². The summed E-state index contributed by atoms with van der Waals surface area (Å²) in [5.74, 6) is 0. The Kier molecular flexibility index (Phi) is 2.09. The van der Waals surface area contributed by atoms with Crippen molar-refractivity contribution in [2.24, 2.45) is 0 Å². The first-order chi connectivity index (χ1) is 7.22. The number of nitro groups is 1. The van der Waals surface area contributed by atoms with Crippen LogP contribution in [0.4, 0.5) is 5.69 Å². The summed E-state index contributed by atoms with van der Waals surface area (Å²) in [6, 6.07) is 4.10. The van der Waals surface area contributed by atoms with Gasteiger partial charge in [-0.05, 0) is 6.07 Å². The molecule has 2 rings (SSSR count). The number of aldehydes is 1. The predicted octanol–water partition coefficient (Wildman–Crippen LogP) is 1.35. The molecule has 0 aliphatic heterocycles. The van der Waals surface area contributed by atoms with Gasteiger partial charge in [-0.2, -0.15) is 0 Å². The molecule has 0 aliphatic carbocycles. The second-order valence-electron chi connectivity index (χ2n) is 2.84. The zero-order valence-corrected chi connectivity index (χ0v) is 7.45. The number of nitrogens with zero attached hydrogens (tertiary/aromatic N) is 3. The number of aromatic nitrogens is 2. The summed E-state index contributed by atoms with van der Waals surface area (Å²) >= 11 is 0. The van der Waals surface area contributed by atoms with E-state index in [9.17, 15) is 14.9 Å². The van der Waals surface area contributed by atoms with Gasteiger partial charge in [-0.25, -0.2) is 9.97 Å². The number of rotatable bonds is 2. The fraction of sp³-hybridized carbons (Fsp3) is 0. The SMILES string of the molecule is O=Cc1ncnc2cc([N+](=O)[O-])ccc12. The average molecular weight is 203 g/mol. The molecular weight excluding hydrogens is 198 g/mol. The molecule has 1 aromatic heterocycles. The number of non-ortho nitro benzene ring substituents is 1. The Labute approximate surface area is 83.7 Å². The van der Waals surface area contributed by atoms with E-state index in [1.165, 1.54) is 24.5 Å². The lowest BCUT2D eigenvalue weighted by atomic mass is 10.2. The van der Waals surface area contributed by atoms with Crippen LogP contribution < -0.4 is 0 Å². The highest BCUT2D eigenvalue weighted by atomic mass is 16.6. The summed E-state index contributed by atoms with van der Waals surface area (Å²) in [4.78, 5) is 28.2. The largest absolute Gasteiger partial charge is 0.296 e. The van der Waals surface area contributed by atoms with Crippen LogP contribution in [0.1, 0.15) is 10.5 Å². The molecular formula is C9H5N3O3. The standard InChI is InChI=1S/C9H5N3O3/c13-4-9-7-2-1-6(12(14)15)3-8(7)10-5-11-9/h1-5H. The van der Waals surface area contributed by atoms with Crippen molar-refractivity contribution in [1.29, 1.82) is 0 Å². The maximum absolute atomic E-state index is 10.6. The zero-order valence-electron chi connectivity index (χ0n) is 7.45. The van der Waals surface area contributed by atoms with E-state index in [1.54, 1.807) is 0 Å². The van der Waals surface area contributed by atoms with Gasteiger partial charge in [0, 0.05) is 17.5 Å². The second kappa shape index (κ2) is 3.41. The van der Waals surface area contributed by atoms with Gasteiger partial charge in [-0.1, -0.05) is 0 Å². The molecule has 0 aliphatic rings. The van der Waals surface area contributed by atoms with E-state index in [2.05, 4.69) is 9.97 Å². The lowest BCUT2D eigenvalue weighted by Crippen LogP contribution is -1.93. The van der Waals surface area contributed by atoms with E-state index in [1.807, 2.05) is 0 Å². The molecule has 2 aromatic rings. The first-order valence-corrected chi connectivity index (χ1v) is 4.06. The highest BCUT2D eigenvalue weighted by Gasteiger charge is 2.09. The Bertz CT molecular complexity index is 553. The minimum absolute atomic E-state index is 0.0574. The van der Waals surface area contributed by atoms with Crippen LogP contribution in [0, 0.1) is 10.1 Å². The summed E-state index contributed by atoms with van der Waals surface area (Å²) < 4.78 is 0. The van der Waals surface area contributed by atoms with E-state index in [4.69, 9.17) is 0 Å². The van der Waals surface area contributed by atoms with Crippen LogP contribution in [0.15, 0.2) is 24.5 Å². The van der Waals surface area contributed by atoms with Crippen molar-refractivity contribution in [2.45, 2.75) is 0 Å². The summed E-state index contributed by atoms with van der Waals surface area (Å²) in [5, 5.41) is 11.0. The van der Waals surface area contributed by atoms with Gasteiger partial charge in [0.25, 0.3) is 5.69 Å². The topological polar surface area (TPSA) is 86.0 Å². The first kappa shape index (κ1) is 9.20. The number of hydrogen-bond acceptors (Lipinski definition) is 5. The van der Waals surface area contributed by atoms with Crippen LogP contribution in [0.25, 0.3) is 10.9 Å². The first-order valence-electron chi connectivity index (χ1n) is 4.06. The second-order valence-corrected chi connectivity index (χ2v) is 2.84. The smallest absolute Gasteiger partial charge is 0.271 e. The molecule has 1 heterocycles. The molecule has 0 saturated heterocycles. The van der Waals surface area contributed by atoms with Gasteiger partial charge >= 0.3 is 0 Å². The van der Waals surface area contributed by atoms with Gasteiger partial charge in [-0.3, -0.25) is 14.9 Å². The summed E-state index contributed by atoms with van der Waals surface area (Å²) in [6.45, 7) is 0. The minimum Gasteiger partial charge on any atom is -0.296 e. The van der Waals surface area contributed by atoms with Crippen LogP contribution >= 0.6 is 0 Å². The van der Waals surface area contributed by atoms with E-state index in [-0.39, 0.29) is 11.4 Å². The Morgan fingerprint density at radius 3 is 2.80 bits per heavy atom. The van der Waals surface area contributed by atoms with Gasteiger partial charge in [0.2, 0.25) is 0 Å². The third-order valence-corrected chi connectivity index (χ3v) is 1.97. The van der Waals surface area contributed by atoms with Gasteiger partial charge in [0.15, 0.2) is 6.29 Å². The Morgan fingerprint density at radius 2 is 2.13 bits per heavy atom. The van der Waals surface area contributed by atoms with Crippen molar-refractivity contribution in [2.75, 3.05) is 0 Å². The number of carbonyl (C=O) groups is 1. The van der Waals surface area contributed by atoms with Crippen molar-refractivity contribution >= 4 is 22.9 Å². The Morgan fingerprint density at radius 1 is 1.33 bits per heavy atom. The maximum atomic E-state index is 10.6. The number of benzene rings is 1. The Hall–Kier alpha value is -2.37. The fourth-order valence-corrected chi connectivity index (χ4v) is 1.27. The van der Waals surface area contributed by atoms with Crippen LogP contribution in [0.5, 0.6) is 0 Å². The molecule has 0 N–H and O–H groups in total. The number of carbonyl (C=O) groups excluding carboxylic acids is 1. The van der Waals surface area contributed by atoms with Crippen molar-refractivity contribution in [1.82, 2.24) is 9.97 Å². The molecule has 0 atom stereocenters. The highest BCUT2D eigenvalue weighted by Crippen LogP contribution is 2.19. The van der Waals surface area contributed by atoms with Crippen molar-refractivity contribution in [3.63, 3.8) is 0 Å². The normalized spacial score (nSPS) is 10.1. The third-order valence-electron chi connectivity index (χ3n) is 1.97. The molecule has 15 heavy (non-hydrogen) atoms. The monoisotopic (exact) mass is 203 g/mol. The molecule has 1 aromatic carbocycles. The quantitative estimate of drug-likeness (QED) is 0.417. The van der Waals surface area contributed by atoms with Crippen molar-refractivity contribution in [3.8, 4) is 0 Å². The molecule has 0 amide bonds. The van der Waals surface area contributed by atoms with Crippen molar-refractivity contribution in [3.05, 3.63) is 40.3 Å². The summed E-state index contributed by atoms with van der Waals surface area (Å²) in [6.07, 6.45) is 1.80. The molecule has 0 unspecified atom stereocenters. The lowest BCUT2D eigenvalue weighted by molar-refractivity contribution is -0.384. The van der Waals surface area contributed by atoms with Crippen LogP contribution in [0.2, 0.25) is 0 Å². The molecule has 0 saturated carbocycles. The Balaban J connectivity index is 2.74. The predicted molar refractivity (Wildman–Crippen MR) is 51.6 cm³/mol. The molecule has 6 nitrogen and oxygen atoms in total. The highest BCUT2D eigenvalue weighted by molar-refractivity contribution is 5.94. The van der Waals surface area contributed by atoms with E-state index < -0.39 is 4.92 Å². The molecule has 6 heteroatoms. The number of hydrogen-bond donors (Lipinski definition) is 0. The van der Waals surface area contributed by atoms with Crippen LogP contribution in [-0.2, 0) is 0 Å². The zero-order chi connectivity index (χ0) is 10.8. The molecule has 0 radical (unpaired) electrons. The van der Waals surface area contributed by atoms with Crippen LogP contribution in [-0.4, -0.2) is 21.2 Å². The van der Waals surface area contributed by atoms with Gasteiger partial charge < -0.3 is 0 Å². The van der Waals surface area contributed by atoms with E-state index >= 15 is 0 Å². The number of fused-ring (bicyclic) bond motifs is 1.